The van der Waals surface area contributed by atoms with Gasteiger partial charge in [0.2, 0.25) is 5.91 Å². The number of fused-ring (bicyclic) bond motifs is 1. The molecule has 27 heavy (non-hydrogen) atoms. The van der Waals surface area contributed by atoms with Crippen LogP contribution in [0.3, 0.4) is 0 Å². The average molecular weight is 363 g/mol. The van der Waals surface area contributed by atoms with Gasteiger partial charge in [0.15, 0.2) is 0 Å². The average Bonchev–Trinajstić information content (AvgIpc) is 2.94. The number of carbonyl (C=O) groups excluding carboxylic acids is 2. The number of hydrogen-bond acceptors (Lipinski definition) is 3. The predicted octanol–water partition coefficient (Wildman–Crippen LogP) is 3.74. The minimum absolute atomic E-state index is 0.0752. The van der Waals surface area contributed by atoms with Gasteiger partial charge >= 0.3 is 0 Å². The number of piperidine rings is 1. The lowest BCUT2D eigenvalue weighted by Gasteiger charge is -2.32. The van der Waals surface area contributed by atoms with E-state index in [0.717, 1.165) is 37.2 Å². The van der Waals surface area contributed by atoms with E-state index in [-0.39, 0.29) is 24.3 Å². The third kappa shape index (κ3) is 3.34. The zero-order valence-electron chi connectivity index (χ0n) is 15.9. The van der Waals surface area contributed by atoms with Crippen LogP contribution >= 0.6 is 0 Å². The molecule has 0 aliphatic carbocycles. The molecule has 1 aromatic heterocycles. The van der Waals surface area contributed by atoms with Crippen LogP contribution in [0.2, 0.25) is 0 Å². The van der Waals surface area contributed by atoms with Crippen LogP contribution in [-0.4, -0.2) is 34.8 Å². The van der Waals surface area contributed by atoms with Crippen LogP contribution in [0.25, 0.3) is 0 Å². The number of pyridine rings is 1. The Kier molecular flexibility index (Phi) is 4.68. The third-order valence-corrected chi connectivity index (χ3v) is 5.70. The summed E-state index contributed by atoms with van der Waals surface area (Å²) < 4.78 is 0. The summed E-state index contributed by atoms with van der Waals surface area (Å²) in [6.45, 7) is 5.85. The minimum atomic E-state index is -0.345. The third-order valence-electron chi connectivity index (χ3n) is 5.70. The molecule has 2 aliphatic rings. The number of rotatable bonds is 3. The van der Waals surface area contributed by atoms with E-state index in [1.54, 1.807) is 23.2 Å². The van der Waals surface area contributed by atoms with Crippen molar-refractivity contribution in [3.63, 3.8) is 0 Å². The number of amides is 2. The molecule has 1 fully saturated rings. The highest BCUT2D eigenvalue weighted by Gasteiger charge is 2.40. The van der Waals surface area contributed by atoms with E-state index >= 15 is 0 Å². The fourth-order valence-electron chi connectivity index (χ4n) is 4.07. The first kappa shape index (κ1) is 17.7. The Hall–Kier alpha value is -2.69. The van der Waals surface area contributed by atoms with Crippen LogP contribution in [0.15, 0.2) is 42.6 Å². The van der Waals surface area contributed by atoms with Gasteiger partial charge in [-0.05, 0) is 55.5 Å². The quantitative estimate of drug-likeness (QED) is 0.835. The van der Waals surface area contributed by atoms with Crippen molar-refractivity contribution in [3.8, 4) is 0 Å². The van der Waals surface area contributed by atoms with Crippen molar-refractivity contribution >= 4 is 17.5 Å². The van der Waals surface area contributed by atoms with E-state index < -0.39 is 0 Å². The molecule has 2 aromatic rings. The van der Waals surface area contributed by atoms with Crippen molar-refractivity contribution in [1.29, 1.82) is 0 Å². The molecule has 2 amide bonds. The van der Waals surface area contributed by atoms with Gasteiger partial charge in [-0.2, -0.15) is 0 Å². The number of hydrogen-bond donors (Lipinski definition) is 0. The largest absolute Gasteiger partial charge is 0.343 e. The van der Waals surface area contributed by atoms with Crippen molar-refractivity contribution in [2.24, 2.45) is 5.92 Å². The van der Waals surface area contributed by atoms with Crippen molar-refractivity contribution in [3.05, 3.63) is 59.4 Å². The van der Waals surface area contributed by atoms with Gasteiger partial charge in [-0.25, -0.2) is 0 Å². The summed E-state index contributed by atoms with van der Waals surface area (Å²) in [5, 5.41) is 0. The second-order valence-electron chi connectivity index (χ2n) is 7.73. The molecule has 5 nitrogen and oxygen atoms in total. The summed E-state index contributed by atoms with van der Waals surface area (Å²) in [5.74, 6) is 0.706. The number of carbonyl (C=O) groups is 2. The molecule has 4 rings (SSSR count). The molecular formula is C22H25N3O2. The van der Waals surface area contributed by atoms with Crippen LogP contribution < -0.4 is 4.90 Å². The molecule has 5 heteroatoms. The van der Waals surface area contributed by atoms with Crippen LogP contribution in [0.4, 0.5) is 5.69 Å². The number of likely N-dealkylation sites (tertiary alicyclic amines) is 1. The smallest absolute Gasteiger partial charge is 0.260 e. The molecular weight excluding hydrogens is 338 g/mol. The highest BCUT2D eigenvalue weighted by atomic mass is 16.2. The highest BCUT2D eigenvalue weighted by Crippen LogP contribution is 2.39. The van der Waals surface area contributed by atoms with Crippen molar-refractivity contribution in [2.45, 2.75) is 39.2 Å². The fourth-order valence-corrected chi connectivity index (χ4v) is 4.07. The lowest BCUT2D eigenvalue weighted by atomic mass is 9.98. The van der Waals surface area contributed by atoms with Gasteiger partial charge in [0.1, 0.15) is 0 Å². The lowest BCUT2D eigenvalue weighted by Crippen LogP contribution is -2.40. The summed E-state index contributed by atoms with van der Waals surface area (Å²) in [7, 11) is 0. The van der Waals surface area contributed by atoms with Crippen LogP contribution in [0.1, 0.15) is 53.8 Å². The molecule has 0 bridgehead atoms. The highest BCUT2D eigenvalue weighted by molar-refractivity contribution is 6.11. The summed E-state index contributed by atoms with van der Waals surface area (Å²) in [6, 6.07) is 11.1. The Labute approximate surface area is 160 Å². The molecule has 2 aliphatic heterocycles. The van der Waals surface area contributed by atoms with Gasteiger partial charge in [-0.1, -0.05) is 19.1 Å². The molecule has 3 heterocycles. The predicted molar refractivity (Wildman–Crippen MR) is 105 cm³/mol. The van der Waals surface area contributed by atoms with Crippen molar-refractivity contribution in [1.82, 2.24) is 9.88 Å². The Morgan fingerprint density at radius 2 is 1.96 bits per heavy atom. The molecule has 1 saturated heterocycles. The fraction of sp³-hybridized carbons (Fsp3) is 0.409. The van der Waals surface area contributed by atoms with Gasteiger partial charge in [-0.15, -0.1) is 0 Å². The first-order valence-corrected chi connectivity index (χ1v) is 9.67. The number of nitrogens with zero attached hydrogens (tertiary/aromatic N) is 3. The Bertz CT molecular complexity index is 871. The van der Waals surface area contributed by atoms with Crippen LogP contribution in [0, 0.1) is 12.8 Å². The van der Waals surface area contributed by atoms with Crippen molar-refractivity contribution in [2.75, 3.05) is 18.0 Å². The molecule has 0 N–H and O–H groups in total. The molecule has 140 valence electrons. The van der Waals surface area contributed by atoms with E-state index in [0.29, 0.717) is 17.2 Å². The number of aryl methyl sites for hydroxylation is 1. The number of benzene rings is 1. The summed E-state index contributed by atoms with van der Waals surface area (Å²) in [5.41, 5.74) is 3.22. The molecule has 0 saturated carbocycles. The van der Waals surface area contributed by atoms with E-state index in [4.69, 9.17) is 0 Å². The Morgan fingerprint density at radius 1 is 1.19 bits per heavy atom. The van der Waals surface area contributed by atoms with Gasteiger partial charge < -0.3 is 4.90 Å². The Morgan fingerprint density at radius 3 is 2.70 bits per heavy atom. The van der Waals surface area contributed by atoms with E-state index in [2.05, 4.69) is 11.9 Å². The first-order valence-electron chi connectivity index (χ1n) is 9.67. The maximum absolute atomic E-state index is 13.1. The SMILES string of the molecule is Cc1cccc(N2C(=O)c3cccnc3[C@H]2CC(=O)N2CCC(C)CC2)c1. The minimum Gasteiger partial charge on any atom is -0.343 e. The molecule has 0 spiro atoms. The van der Waals surface area contributed by atoms with Crippen LogP contribution in [0.5, 0.6) is 0 Å². The molecule has 0 unspecified atom stereocenters. The maximum Gasteiger partial charge on any atom is 0.260 e. The topological polar surface area (TPSA) is 53.5 Å². The van der Waals surface area contributed by atoms with E-state index in [1.807, 2.05) is 36.1 Å². The normalized spacial score (nSPS) is 20.1. The zero-order valence-corrected chi connectivity index (χ0v) is 15.9. The second kappa shape index (κ2) is 7.14. The first-order chi connectivity index (χ1) is 13.0. The summed E-state index contributed by atoms with van der Waals surface area (Å²) in [6.07, 6.45) is 4.07. The zero-order chi connectivity index (χ0) is 19.0. The van der Waals surface area contributed by atoms with Crippen molar-refractivity contribution < 1.29 is 9.59 Å². The van der Waals surface area contributed by atoms with Gasteiger partial charge in [0.05, 0.1) is 23.7 Å². The molecule has 0 radical (unpaired) electrons. The standard InChI is InChI=1S/C22H25N3O2/c1-15-8-11-24(12-9-15)20(26)14-19-21-18(7-4-10-23-21)22(27)25(19)17-6-3-5-16(2)13-17/h3-7,10,13,15,19H,8-9,11-12,14H2,1-2H3/t19-/m1/s1. The Balaban J connectivity index is 1.64. The second-order valence-corrected chi connectivity index (χ2v) is 7.73. The summed E-state index contributed by atoms with van der Waals surface area (Å²) >= 11 is 0. The molecule has 1 atom stereocenters. The van der Waals surface area contributed by atoms with E-state index in [9.17, 15) is 9.59 Å². The number of aromatic nitrogens is 1. The van der Waals surface area contributed by atoms with Gasteiger partial charge in [-0.3, -0.25) is 19.5 Å². The van der Waals surface area contributed by atoms with Gasteiger partial charge in [0.25, 0.3) is 5.91 Å². The maximum atomic E-state index is 13.1. The monoisotopic (exact) mass is 363 g/mol. The van der Waals surface area contributed by atoms with E-state index in [1.165, 1.54) is 0 Å². The van der Waals surface area contributed by atoms with Gasteiger partial charge in [0, 0.05) is 25.0 Å². The lowest BCUT2D eigenvalue weighted by molar-refractivity contribution is -0.132. The van der Waals surface area contributed by atoms with Crippen LogP contribution in [-0.2, 0) is 4.79 Å². The molecule has 1 aromatic carbocycles. The number of anilines is 1. The summed E-state index contributed by atoms with van der Waals surface area (Å²) in [4.78, 5) is 34.2.